The van der Waals surface area contributed by atoms with Crippen molar-refractivity contribution >= 4 is 6.08 Å². The van der Waals surface area contributed by atoms with Gasteiger partial charge in [0.2, 0.25) is 0 Å². The van der Waals surface area contributed by atoms with Crippen LogP contribution in [-0.2, 0) is 6.61 Å². The Balaban J connectivity index is 3.12. The first kappa shape index (κ1) is 7.82. The Morgan fingerprint density at radius 2 is 2.18 bits per heavy atom. The Labute approximate surface area is 65.4 Å². The van der Waals surface area contributed by atoms with Gasteiger partial charge in [0.15, 0.2) is 0 Å². The molecule has 0 aliphatic rings. The van der Waals surface area contributed by atoms with Crippen LogP contribution in [0.4, 0.5) is 0 Å². The van der Waals surface area contributed by atoms with Crippen LogP contribution in [0.2, 0.25) is 0 Å². The summed E-state index contributed by atoms with van der Waals surface area (Å²) in [6, 6.07) is 4.98. The van der Waals surface area contributed by atoms with Gasteiger partial charge in [0, 0.05) is 5.56 Å². The standard InChI is InChI=1S/C9H10O2/c1-2-7-3-4-9(11)8(5-7)6-10/h2-5,10-11H,1,6H2. The van der Waals surface area contributed by atoms with E-state index in [-0.39, 0.29) is 12.4 Å². The molecule has 0 bridgehead atoms. The van der Waals surface area contributed by atoms with E-state index in [1.54, 1.807) is 24.3 Å². The molecule has 0 saturated heterocycles. The molecule has 0 atom stereocenters. The topological polar surface area (TPSA) is 40.5 Å². The third-order valence-corrected chi connectivity index (χ3v) is 1.51. The highest BCUT2D eigenvalue weighted by Gasteiger charge is 1.98. The molecule has 58 valence electrons. The molecular formula is C9H10O2. The van der Waals surface area contributed by atoms with E-state index >= 15 is 0 Å². The molecule has 0 spiro atoms. The van der Waals surface area contributed by atoms with E-state index in [1.165, 1.54) is 0 Å². The van der Waals surface area contributed by atoms with Crippen LogP contribution < -0.4 is 0 Å². The molecule has 2 heteroatoms. The van der Waals surface area contributed by atoms with Crippen molar-refractivity contribution in [1.82, 2.24) is 0 Å². The maximum atomic E-state index is 9.14. The normalized spacial score (nSPS) is 9.55. The molecule has 0 saturated carbocycles. The van der Waals surface area contributed by atoms with Crippen molar-refractivity contribution in [3.8, 4) is 5.75 Å². The summed E-state index contributed by atoms with van der Waals surface area (Å²) in [6.45, 7) is 3.43. The van der Waals surface area contributed by atoms with Gasteiger partial charge in [-0.25, -0.2) is 0 Å². The third-order valence-electron chi connectivity index (χ3n) is 1.51. The first-order valence-electron chi connectivity index (χ1n) is 3.33. The molecule has 1 aromatic rings. The van der Waals surface area contributed by atoms with Gasteiger partial charge < -0.3 is 10.2 Å². The summed E-state index contributed by atoms with van der Waals surface area (Å²) < 4.78 is 0. The molecule has 0 unspecified atom stereocenters. The van der Waals surface area contributed by atoms with Crippen molar-refractivity contribution in [2.75, 3.05) is 0 Å². The van der Waals surface area contributed by atoms with Crippen molar-refractivity contribution in [1.29, 1.82) is 0 Å². The van der Waals surface area contributed by atoms with Gasteiger partial charge in [-0.05, 0) is 17.7 Å². The van der Waals surface area contributed by atoms with Crippen molar-refractivity contribution in [2.24, 2.45) is 0 Å². The molecule has 2 nitrogen and oxygen atoms in total. The van der Waals surface area contributed by atoms with Gasteiger partial charge in [0.1, 0.15) is 5.75 Å². The minimum Gasteiger partial charge on any atom is -0.508 e. The first-order valence-corrected chi connectivity index (χ1v) is 3.33. The number of aromatic hydroxyl groups is 1. The lowest BCUT2D eigenvalue weighted by atomic mass is 10.1. The van der Waals surface area contributed by atoms with E-state index in [4.69, 9.17) is 10.2 Å². The van der Waals surface area contributed by atoms with Crippen LogP contribution in [0.5, 0.6) is 5.75 Å². The van der Waals surface area contributed by atoms with Crippen LogP contribution in [0.1, 0.15) is 11.1 Å². The second kappa shape index (κ2) is 3.21. The quantitative estimate of drug-likeness (QED) is 0.671. The first-order chi connectivity index (χ1) is 5.27. The summed E-state index contributed by atoms with van der Waals surface area (Å²) >= 11 is 0. The summed E-state index contributed by atoms with van der Waals surface area (Å²) in [6.07, 6.45) is 1.67. The number of rotatable bonds is 2. The number of hydrogen-bond donors (Lipinski definition) is 2. The molecule has 0 aromatic heterocycles. The highest BCUT2D eigenvalue weighted by Crippen LogP contribution is 2.18. The highest BCUT2D eigenvalue weighted by molar-refractivity contribution is 5.51. The Bertz CT molecular complexity index is 266. The van der Waals surface area contributed by atoms with E-state index in [0.717, 1.165) is 5.56 Å². The Morgan fingerprint density at radius 3 is 2.73 bits per heavy atom. The zero-order valence-corrected chi connectivity index (χ0v) is 6.12. The Hall–Kier alpha value is -1.28. The number of aliphatic hydroxyl groups is 1. The van der Waals surface area contributed by atoms with Gasteiger partial charge in [-0.2, -0.15) is 0 Å². The molecule has 0 radical (unpaired) electrons. The summed E-state index contributed by atoms with van der Waals surface area (Å²) in [4.78, 5) is 0. The minimum absolute atomic E-state index is 0.123. The maximum Gasteiger partial charge on any atom is 0.121 e. The van der Waals surface area contributed by atoms with Crippen LogP contribution >= 0.6 is 0 Å². The van der Waals surface area contributed by atoms with E-state index in [1.807, 2.05) is 0 Å². The van der Waals surface area contributed by atoms with E-state index in [2.05, 4.69) is 6.58 Å². The third kappa shape index (κ3) is 1.59. The lowest BCUT2D eigenvalue weighted by Gasteiger charge is -2.00. The molecule has 0 aliphatic heterocycles. The second-order valence-electron chi connectivity index (χ2n) is 2.25. The molecular weight excluding hydrogens is 140 g/mol. The Kier molecular flexibility index (Phi) is 2.28. The molecule has 0 heterocycles. The van der Waals surface area contributed by atoms with Crippen LogP contribution in [-0.4, -0.2) is 10.2 Å². The molecule has 1 rings (SSSR count). The van der Waals surface area contributed by atoms with Crippen molar-refractivity contribution in [3.63, 3.8) is 0 Å². The molecule has 11 heavy (non-hydrogen) atoms. The zero-order chi connectivity index (χ0) is 8.27. The monoisotopic (exact) mass is 150 g/mol. The number of phenols is 1. The number of aliphatic hydroxyl groups excluding tert-OH is 1. The molecule has 2 N–H and O–H groups in total. The average molecular weight is 150 g/mol. The largest absolute Gasteiger partial charge is 0.508 e. The fraction of sp³-hybridized carbons (Fsp3) is 0.111. The van der Waals surface area contributed by atoms with Gasteiger partial charge >= 0.3 is 0 Å². The van der Waals surface area contributed by atoms with E-state index in [0.29, 0.717) is 5.56 Å². The predicted octanol–water partition coefficient (Wildman–Crippen LogP) is 1.53. The van der Waals surface area contributed by atoms with Crippen molar-refractivity contribution in [2.45, 2.75) is 6.61 Å². The average Bonchev–Trinajstić information content (AvgIpc) is 2.05. The SMILES string of the molecule is C=Cc1ccc(O)c(CO)c1. The summed E-state index contributed by atoms with van der Waals surface area (Å²) in [5, 5.41) is 17.9. The van der Waals surface area contributed by atoms with Gasteiger partial charge in [0.05, 0.1) is 6.61 Å². The lowest BCUT2D eigenvalue weighted by Crippen LogP contribution is -1.84. The number of hydrogen-bond acceptors (Lipinski definition) is 2. The van der Waals surface area contributed by atoms with Crippen molar-refractivity contribution < 1.29 is 10.2 Å². The molecule has 0 fully saturated rings. The Morgan fingerprint density at radius 1 is 1.45 bits per heavy atom. The van der Waals surface area contributed by atoms with Crippen LogP contribution in [0, 0.1) is 0 Å². The van der Waals surface area contributed by atoms with Crippen LogP contribution in [0.25, 0.3) is 6.08 Å². The summed E-state index contributed by atoms with van der Waals surface area (Å²) in [5.74, 6) is 0.123. The van der Waals surface area contributed by atoms with Gasteiger partial charge in [-0.15, -0.1) is 0 Å². The fourth-order valence-corrected chi connectivity index (χ4v) is 0.859. The van der Waals surface area contributed by atoms with Gasteiger partial charge in [-0.1, -0.05) is 18.7 Å². The smallest absolute Gasteiger partial charge is 0.121 e. The minimum atomic E-state index is -0.145. The molecule has 0 amide bonds. The van der Waals surface area contributed by atoms with Crippen molar-refractivity contribution in [3.05, 3.63) is 35.9 Å². The van der Waals surface area contributed by atoms with Gasteiger partial charge in [0.25, 0.3) is 0 Å². The van der Waals surface area contributed by atoms with Crippen LogP contribution in [0.15, 0.2) is 24.8 Å². The maximum absolute atomic E-state index is 9.14. The van der Waals surface area contributed by atoms with Gasteiger partial charge in [-0.3, -0.25) is 0 Å². The zero-order valence-electron chi connectivity index (χ0n) is 6.12. The molecule has 0 aliphatic carbocycles. The van der Waals surface area contributed by atoms with Crippen LogP contribution in [0.3, 0.4) is 0 Å². The fourth-order valence-electron chi connectivity index (χ4n) is 0.859. The van der Waals surface area contributed by atoms with E-state index in [9.17, 15) is 0 Å². The van der Waals surface area contributed by atoms with E-state index < -0.39 is 0 Å². The molecule has 1 aromatic carbocycles. The lowest BCUT2D eigenvalue weighted by molar-refractivity contribution is 0.275. The summed E-state index contributed by atoms with van der Waals surface area (Å²) in [5.41, 5.74) is 1.43. The second-order valence-corrected chi connectivity index (χ2v) is 2.25. The predicted molar refractivity (Wildman–Crippen MR) is 44.1 cm³/mol. The summed E-state index contributed by atoms with van der Waals surface area (Å²) in [7, 11) is 0. The highest BCUT2D eigenvalue weighted by atomic mass is 16.3. The number of benzene rings is 1.